The molecule has 88 valence electrons. The molecule has 0 amide bonds. The average molecular weight is 221 g/mol. The van der Waals surface area contributed by atoms with Gasteiger partial charge < -0.3 is 14.4 Å². The molecule has 1 N–H and O–H groups in total. The second-order valence-corrected chi connectivity index (χ2v) is 4.76. The second kappa shape index (κ2) is 5.02. The predicted molar refractivity (Wildman–Crippen MR) is 65.1 cm³/mol. The number of hydrogen-bond acceptors (Lipinski definition) is 3. The molecular weight excluding hydrogens is 201 g/mol. The lowest BCUT2D eigenvalue weighted by molar-refractivity contribution is 0.224. The van der Waals surface area contributed by atoms with Crippen molar-refractivity contribution in [2.24, 2.45) is 5.92 Å². The lowest BCUT2D eigenvalue weighted by Gasteiger charge is -2.33. The van der Waals surface area contributed by atoms with E-state index in [-0.39, 0.29) is 7.05 Å². The van der Waals surface area contributed by atoms with Crippen molar-refractivity contribution in [2.75, 3.05) is 13.1 Å². The molecule has 0 bridgehead atoms. The normalized spacial score (nSPS) is 22.3. The Morgan fingerprint density at radius 1 is 1.62 bits per heavy atom. The maximum Gasteiger partial charge on any atom is 0.376 e. The lowest BCUT2D eigenvalue weighted by atomic mass is 9.80. The first kappa shape index (κ1) is 11.7. The van der Waals surface area contributed by atoms with Crippen LogP contribution in [0.2, 0.25) is 6.82 Å². The topological polar surface area (TPSA) is 41.3 Å². The number of aromatic nitrogens is 2. The quantitative estimate of drug-likeness (QED) is 0.774. The number of nitrogens with zero attached hydrogens (tertiary/aromatic N) is 3. The monoisotopic (exact) mass is 221 g/mol. The molecule has 5 heteroatoms. The van der Waals surface area contributed by atoms with Gasteiger partial charge in [0, 0.05) is 18.9 Å². The molecule has 1 aliphatic heterocycles. The maximum atomic E-state index is 9.58. The SMILES string of the molecule is CB(O)N1CCC[C@@H](Cn2ccnc2C)C1. The van der Waals surface area contributed by atoms with Crippen LogP contribution < -0.4 is 0 Å². The molecular formula is C11H20BN3O. The molecule has 1 fully saturated rings. The molecule has 0 unspecified atom stereocenters. The highest BCUT2D eigenvalue weighted by Gasteiger charge is 2.25. The molecule has 0 saturated carbocycles. The zero-order chi connectivity index (χ0) is 11.5. The van der Waals surface area contributed by atoms with Crippen molar-refractivity contribution < 1.29 is 5.02 Å². The fraction of sp³-hybridized carbons (Fsp3) is 0.727. The van der Waals surface area contributed by atoms with E-state index in [1.54, 1.807) is 0 Å². The van der Waals surface area contributed by atoms with E-state index in [4.69, 9.17) is 0 Å². The summed E-state index contributed by atoms with van der Waals surface area (Å²) in [5.74, 6) is 1.71. The van der Waals surface area contributed by atoms with Gasteiger partial charge in [0.15, 0.2) is 0 Å². The van der Waals surface area contributed by atoms with Crippen molar-refractivity contribution in [2.45, 2.75) is 33.1 Å². The van der Waals surface area contributed by atoms with Crippen molar-refractivity contribution in [3.8, 4) is 0 Å². The molecule has 16 heavy (non-hydrogen) atoms. The number of hydrogen-bond donors (Lipinski definition) is 1. The average Bonchev–Trinajstić information content (AvgIpc) is 2.65. The van der Waals surface area contributed by atoms with Crippen molar-refractivity contribution in [1.29, 1.82) is 0 Å². The molecule has 1 aromatic rings. The van der Waals surface area contributed by atoms with Crippen LogP contribution in [0.5, 0.6) is 0 Å². The van der Waals surface area contributed by atoms with Crippen LogP contribution in [0.25, 0.3) is 0 Å². The van der Waals surface area contributed by atoms with Gasteiger partial charge in [-0.1, -0.05) is 0 Å². The van der Waals surface area contributed by atoms with Gasteiger partial charge in [-0.25, -0.2) is 4.98 Å². The van der Waals surface area contributed by atoms with Gasteiger partial charge in [0.1, 0.15) is 5.82 Å². The summed E-state index contributed by atoms with van der Waals surface area (Å²) >= 11 is 0. The van der Waals surface area contributed by atoms with E-state index in [1.165, 1.54) is 12.8 Å². The summed E-state index contributed by atoms with van der Waals surface area (Å²) in [7, 11) is -0.313. The molecule has 2 rings (SSSR count). The highest BCUT2D eigenvalue weighted by molar-refractivity contribution is 6.45. The van der Waals surface area contributed by atoms with Crippen LogP contribution in [0.3, 0.4) is 0 Å². The first-order valence-electron chi connectivity index (χ1n) is 6.06. The van der Waals surface area contributed by atoms with E-state index >= 15 is 0 Å². The maximum absolute atomic E-state index is 9.58. The van der Waals surface area contributed by atoms with Gasteiger partial charge in [-0.2, -0.15) is 0 Å². The van der Waals surface area contributed by atoms with Crippen LogP contribution in [0.15, 0.2) is 12.4 Å². The standard InChI is InChI=1S/C11H20BN3O/c1-10-13-5-7-14(10)8-11-4-3-6-15(9-11)12(2)16/h5,7,11,16H,3-4,6,8-9H2,1-2H3/t11-/m0/s1. The largest absolute Gasteiger partial charge is 0.437 e. The van der Waals surface area contributed by atoms with Gasteiger partial charge in [-0.05, 0) is 45.6 Å². The summed E-state index contributed by atoms with van der Waals surface area (Å²) in [5, 5.41) is 9.58. The van der Waals surface area contributed by atoms with Crippen LogP contribution in [-0.4, -0.2) is 39.5 Å². The highest BCUT2D eigenvalue weighted by Crippen LogP contribution is 2.19. The molecule has 1 saturated heterocycles. The van der Waals surface area contributed by atoms with E-state index in [9.17, 15) is 5.02 Å². The first-order valence-corrected chi connectivity index (χ1v) is 6.06. The molecule has 1 aromatic heterocycles. The summed E-state index contributed by atoms with van der Waals surface area (Å²) in [6.07, 6.45) is 6.32. The molecule has 4 nitrogen and oxygen atoms in total. The molecule has 0 spiro atoms. The van der Waals surface area contributed by atoms with Gasteiger partial charge in [-0.3, -0.25) is 0 Å². The minimum Gasteiger partial charge on any atom is -0.437 e. The van der Waals surface area contributed by atoms with E-state index in [0.29, 0.717) is 5.92 Å². The number of imidazole rings is 1. The zero-order valence-corrected chi connectivity index (χ0v) is 10.1. The van der Waals surface area contributed by atoms with Gasteiger partial charge in [0.2, 0.25) is 0 Å². The van der Waals surface area contributed by atoms with Gasteiger partial charge in [0.05, 0.1) is 0 Å². The third kappa shape index (κ3) is 2.65. The number of piperidine rings is 1. The Morgan fingerprint density at radius 3 is 3.06 bits per heavy atom. The first-order chi connectivity index (χ1) is 7.66. The van der Waals surface area contributed by atoms with Crippen LogP contribution in [0, 0.1) is 12.8 Å². The summed E-state index contributed by atoms with van der Waals surface area (Å²) in [4.78, 5) is 6.39. The smallest absolute Gasteiger partial charge is 0.376 e. The third-order valence-corrected chi connectivity index (χ3v) is 3.46. The Morgan fingerprint density at radius 2 is 2.44 bits per heavy atom. The molecule has 0 aromatic carbocycles. The van der Waals surface area contributed by atoms with Crippen LogP contribution in [-0.2, 0) is 6.54 Å². The molecule has 0 aliphatic carbocycles. The molecule has 2 heterocycles. The Labute approximate surface area is 97.4 Å². The predicted octanol–water partition coefficient (Wildman–Crippen LogP) is 1.01. The van der Waals surface area contributed by atoms with E-state index in [1.807, 2.05) is 26.1 Å². The highest BCUT2D eigenvalue weighted by atomic mass is 16.2. The van der Waals surface area contributed by atoms with E-state index in [0.717, 1.165) is 25.5 Å². The number of rotatable bonds is 3. The van der Waals surface area contributed by atoms with Crippen molar-refractivity contribution in [1.82, 2.24) is 14.4 Å². The second-order valence-electron chi connectivity index (χ2n) is 4.76. The Kier molecular flexibility index (Phi) is 3.66. The third-order valence-electron chi connectivity index (χ3n) is 3.46. The van der Waals surface area contributed by atoms with Crippen molar-refractivity contribution in [3.05, 3.63) is 18.2 Å². The Bertz CT molecular complexity index is 340. The Balaban J connectivity index is 1.93. The lowest BCUT2D eigenvalue weighted by Crippen LogP contribution is -2.45. The van der Waals surface area contributed by atoms with Crippen LogP contribution >= 0.6 is 0 Å². The summed E-state index contributed by atoms with van der Waals surface area (Å²) in [6, 6.07) is 0. The fourth-order valence-corrected chi connectivity index (χ4v) is 2.46. The molecule has 1 aliphatic rings. The van der Waals surface area contributed by atoms with Crippen LogP contribution in [0.4, 0.5) is 0 Å². The fourth-order valence-electron chi connectivity index (χ4n) is 2.46. The van der Waals surface area contributed by atoms with Crippen molar-refractivity contribution in [3.63, 3.8) is 0 Å². The minimum atomic E-state index is -0.313. The van der Waals surface area contributed by atoms with Gasteiger partial charge in [-0.15, -0.1) is 0 Å². The minimum absolute atomic E-state index is 0.313. The van der Waals surface area contributed by atoms with Gasteiger partial charge >= 0.3 is 7.05 Å². The van der Waals surface area contributed by atoms with E-state index in [2.05, 4.69) is 14.4 Å². The summed E-state index contributed by atoms with van der Waals surface area (Å²) < 4.78 is 2.20. The van der Waals surface area contributed by atoms with Crippen LogP contribution in [0.1, 0.15) is 18.7 Å². The zero-order valence-electron chi connectivity index (χ0n) is 10.1. The molecule has 1 atom stereocenters. The molecule has 0 radical (unpaired) electrons. The number of aryl methyl sites for hydroxylation is 1. The van der Waals surface area contributed by atoms with E-state index < -0.39 is 0 Å². The summed E-state index contributed by atoms with van der Waals surface area (Å²) in [5.41, 5.74) is 0. The van der Waals surface area contributed by atoms with Crippen molar-refractivity contribution >= 4 is 7.05 Å². The Hall–Kier alpha value is -0.805. The summed E-state index contributed by atoms with van der Waals surface area (Å²) in [6.45, 7) is 6.93. The van der Waals surface area contributed by atoms with Gasteiger partial charge in [0.25, 0.3) is 0 Å².